The normalized spacial score (nSPS) is 51.8. The first-order valence-corrected chi connectivity index (χ1v) is 23.2. The number of aliphatic carboxylic acids is 1. The maximum Gasteiger partial charge on any atom is 0.303 e. The molecule has 0 aromatic heterocycles. The van der Waals surface area contributed by atoms with Crippen LogP contribution in [-0.2, 0) is 42.7 Å². The summed E-state index contributed by atoms with van der Waals surface area (Å²) in [7, 11) is 0. The Kier molecular flexibility index (Phi) is 11.6. The molecule has 19 atom stereocenters. The fourth-order valence-electron chi connectivity index (χ4n) is 12.8. The molecule has 9 aliphatic rings. The van der Waals surface area contributed by atoms with Gasteiger partial charge >= 0.3 is 5.97 Å². The first-order chi connectivity index (χ1) is 28.4. The lowest BCUT2D eigenvalue weighted by atomic mass is 9.79. The molecular formula is C47H71NO12. The molecule has 0 radical (unpaired) electrons. The number of allylic oxidation sites excluding steroid dienone is 1. The van der Waals surface area contributed by atoms with E-state index in [9.17, 15) is 15.0 Å². The Bertz CT molecular complexity index is 1710. The van der Waals surface area contributed by atoms with E-state index in [2.05, 4.69) is 59.5 Å². The minimum atomic E-state index is -1.84. The molecule has 8 fully saturated rings. The van der Waals surface area contributed by atoms with E-state index in [-0.39, 0.29) is 61.3 Å². The molecule has 13 nitrogen and oxygen atoms in total. The molecule has 9 rings (SSSR count). The lowest BCUT2D eigenvalue weighted by Crippen LogP contribution is -2.60. The molecule has 13 heteroatoms. The summed E-state index contributed by atoms with van der Waals surface area (Å²) in [6.07, 6.45) is 10.5. The minimum absolute atomic E-state index is 0.00991. The van der Waals surface area contributed by atoms with Gasteiger partial charge in [0.25, 0.3) is 0 Å². The average molecular weight is 842 g/mol. The van der Waals surface area contributed by atoms with Gasteiger partial charge < -0.3 is 53.2 Å². The Hall–Kier alpha value is -1.75. The third-order valence-electron chi connectivity index (χ3n) is 15.8. The minimum Gasteiger partial charge on any atom is -0.481 e. The molecule has 0 amide bonds. The third-order valence-corrected chi connectivity index (χ3v) is 15.8. The predicted molar refractivity (Wildman–Crippen MR) is 219 cm³/mol. The second kappa shape index (κ2) is 16.0. The molecule has 4 N–H and O–H groups in total. The lowest BCUT2D eigenvalue weighted by molar-refractivity contribution is -0.366. The Labute approximate surface area is 355 Å². The Morgan fingerprint density at radius 3 is 2.50 bits per heavy atom. The molecule has 2 bridgehead atoms. The van der Waals surface area contributed by atoms with Gasteiger partial charge in [-0.25, -0.2) is 0 Å². The number of nitrogens with one attached hydrogen (secondary N) is 1. The number of carboxylic acid groups (broad SMARTS) is 1. The number of piperidine rings is 1. The Morgan fingerprint density at radius 1 is 0.917 bits per heavy atom. The van der Waals surface area contributed by atoms with Crippen molar-refractivity contribution in [1.29, 1.82) is 0 Å². The molecular weight excluding hydrogens is 771 g/mol. The van der Waals surface area contributed by atoms with Gasteiger partial charge in [0.2, 0.25) is 0 Å². The summed E-state index contributed by atoms with van der Waals surface area (Å²) in [5.41, 5.74) is 1.55. The zero-order valence-electron chi connectivity index (χ0n) is 36.6. The van der Waals surface area contributed by atoms with Crippen molar-refractivity contribution in [3.05, 3.63) is 36.0 Å². The van der Waals surface area contributed by atoms with Gasteiger partial charge in [0, 0.05) is 70.3 Å². The highest BCUT2D eigenvalue weighted by Gasteiger charge is 2.64. The van der Waals surface area contributed by atoms with Crippen molar-refractivity contribution in [2.45, 2.75) is 215 Å². The van der Waals surface area contributed by atoms with Crippen molar-refractivity contribution < 1.29 is 58.0 Å². The third kappa shape index (κ3) is 8.03. The monoisotopic (exact) mass is 841 g/mol. The maximum atomic E-state index is 12.2. The van der Waals surface area contributed by atoms with Crippen molar-refractivity contribution in [1.82, 2.24) is 5.32 Å². The first kappa shape index (κ1) is 43.5. The number of aliphatic hydroxyl groups excluding tert-OH is 1. The first-order valence-electron chi connectivity index (χ1n) is 23.2. The van der Waals surface area contributed by atoms with Gasteiger partial charge in [-0.15, -0.1) is 0 Å². The van der Waals surface area contributed by atoms with E-state index in [0.29, 0.717) is 69.1 Å². The van der Waals surface area contributed by atoms with E-state index in [1.807, 2.05) is 12.2 Å². The molecule has 0 aliphatic carbocycles. The highest BCUT2D eigenvalue weighted by molar-refractivity contribution is 5.66. The van der Waals surface area contributed by atoms with Crippen LogP contribution in [0.25, 0.3) is 0 Å². The van der Waals surface area contributed by atoms with Crippen LogP contribution in [0.2, 0.25) is 0 Å². The Morgan fingerprint density at radius 2 is 1.72 bits per heavy atom. The van der Waals surface area contributed by atoms with Gasteiger partial charge in [-0.05, 0) is 68.3 Å². The van der Waals surface area contributed by atoms with Gasteiger partial charge in [0.1, 0.15) is 17.9 Å². The largest absolute Gasteiger partial charge is 0.481 e. The summed E-state index contributed by atoms with van der Waals surface area (Å²) < 4.78 is 54.2. The number of carboxylic acids is 1. The quantitative estimate of drug-likeness (QED) is 0.189. The second-order valence-electron chi connectivity index (χ2n) is 20.9. The van der Waals surface area contributed by atoms with Crippen LogP contribution >= 0.6 is 0 Å². The van der Waals surface area contributed by atoms with Crippen LogP contribution in [0, 0.1) is 29.6 Å². The summed E-state index contributed by atoms with van der Waals surface area (Å²) in [4.78, 5) is 11.0. The molecule has 8 saturated heterocycles. The van der Waals surface area contributed by atoms with Crippen molar-refractivity contribution in [2.75, 3.05) is 6.54 Å². The molecule has 6 unspecified atom stereocenters. The van der Waals surface area contributed by atoms with Crippen LogP contribution in [0.3, 0.4) is 0 Å². The van der Waals surface area contributed by atoms with Crippen molar-refractivity contribution in [3.8, 4) is 0 Å². The Balaban J connectivity index is 0.835. The number of aliphatic hydroxyl groups is 2. The van der Waals surface area contributed by atoms with Gasteiger partial charge in [0.15, 0.2) is 23.1 Å². The number of rotatable bonds is 9. The van der Waals surface area contributed by atoms with Crippen LogP contribution in [0.15, 0.2) is 36.0 Å². The van der Waals surface area contributed by atoms with Crippen molar-refractivity contribution in [3.63, 3.8) is 0 Å². The molecule has 60 heavy (non-hydrogen) atoms. The predicted octanol–water partition coefficient (Wildman–Crippen LogP) is 6.40. The number of carbonyl (C=O) groups is 1. The lowest BCUT2D eigenvalue weighted by Gasteiger charge is -2.52. The van der Waals surface area contributed by atoms with Crippen LogP contribution in [0.1, 0.15) is 131 Å². The summed E-state index contributed by atoms with van der Waals surface area (Å²) in [6.45, 7) is 18.6. The van der Waals surface area contributed by atoms with E-state index < -0.39 is 53.2 Å². The van der Waals surface area contributed by atoms with Gasteiger partial charge in [-0.2, -0.15) is 0 Å². The van der Waals surface area contributed by atoms with E-state index in [1.165, 1.54) is 0 Å². The smallest absolute Gasteiger partial charge is 0.303 e. The number of hydrogen-bond donors (Lipinski definition) is 4. The number of ether oxygens (including phenoxy) is 8. The van der Waals surface area contributed by atoms with Crippen LogP contribution in [0.5, 0.6) is 0 Å². The zero-order chi connectivity index (χ0) is 42.4. The highest BCUT2D eigenvalue weighted by atomic mass is 16.8. The van der Waals surface area contributed by atoms with E-state index in [1.54, 1.807) is 0 Å². The molecule has 0 aromatic carbocycles. The summed E-state index contributed by atoms with van der Waals surface area (Å²) in [5, 5.41) is 36.9. The zero-order valence-corrected chi connectivity index (χ0v) is 36.6. The fraction of sp³-hybridized carbons (Fsp3) is 0.851. The van der Waals surface area contributed by atoms with E-state index in [4.69, 9.17) is 43.0 Å². The molecule has 3 spiro atoms. The molecule has 9 aliphatic heterocycles. The summed E-state index contributed by atoms with van der Waals surface area (Å²) in [6, 6.07) is 0. The van der Waals surface area contributed by atoms with Crippen LogP contribution in [0.4, 0.5) is 0 Å². The second-order valence-corrected chi connectivity index (χ2v) is 20.9. The highest BCUT2D eigenvalue weighted by Crippen LogP contribution is 2.56. The standard InChI is InChI=1S/C47H71NO12/c1-26-17-33(10-8-9-11-39(49)50)54-43(21-26)14-15-47(60-43)32(7)19-34-35(57-47)20-37(53-34)42(51)46(52)13-12-29(4)40(59-46)30(5)23-44-22-27(2)18-36(55-44)41-38(56-44)24-45(58-41)31(6)16-28(3)25-48-45/h8,10,17,27-29,31-38,40-42,48,51-52H,5,9,11-16,18-25H2,1-4,6-7H3,(H,49,50)/b10-8+/t27-,28+,29-,31-,32+,33+,34?,35?,36+,37?,38?,40?,41?,42+,43+,44-,45-,46+,47+/m0/s1. The maximum absolute atomic E-state index is 12.2. The molecule has 0 aromatic rings. The van der Waals surface area contributed by atoms with Gasteiger partial charge in [-0.3, -0.25) is 10.1 Å². The summed E-state index contributed by atoms with van der Waals surface area (Å²) in [5.74, 6) is -3.85. The van der Waals surface area contributed by atoms with Gasteiger partial charge in [0.05, 0.1) is 42.7 Å². The van der Waals surface area contributed by atoms with Crippen molar-refractivity contribution in [2.24, 2.45) is 29.6 Å². The molecule has 9 heterocycles. The topological polar surface area (TPSA) is 164 Å². The molecule has 0 saturated carbocycles. The van der Waals surface area contributed by atoms with Crippen molar-refractivity contribution >= 4 is 5.97 Å². The molecule has 336 valence electrons. The van der Waals surface area contributed by atoms with Crippen LogP contribution < -0.4 is 5.32 Å². The SMILES string of the molecule is C=C(C[C@@]12C[C@@H](C)C[C@@H](O1)C1O[C@]3(CC1O2)NC[C@H](C)C[C@@H]3C)C1O[C@@](O)([C@H](O)C2CC3O[C@@]4(CC[C@]5(CC(C)=C[C@@H](/C=C/CCC(=O)O)O5)O4)[C@H](C)CC3O2)CC[C@@H]1C. The van der Waals surface area contributed by atoms with Crippen LogP contribution in [-0.4, -0.2) is 112 Å². The average Bonchev–Trinajstić information content (AvgIpc) is 3.86. The number of fused-ring (bicyclic) bond motifs is 5. The van der Waals surface area contributed by atoms with E-state index in [0.717, 1.165) is 43.4 Å². The van der Waals surface area contributed by atoms with E-state index >= 15 is 0 Å². The number of hydrogen-bond acceptors (Lipinski definition) is 12. The summed E-state index contributed by atoms with van der Waals surface area (Å²) >= 11 is 0. The van der Waals surface area contributed by atoms with Gasteiger partial charge in [-0.1, -0.05) is 65.0 Å². The fourth-order valence-corrected chi connectivity index (χ4v) is 12.8.